The maximum absolute atomic E-state index is 12.1. The van der Waals surface area contributed by atoms with Crippen LogP contribution in [0, 0.1) is 13.8 Å². The number of nitrogens with two attached hydrogens (primary N) is 1. The molecular formula is C16H22N4O3. The zero-order chi connectivity index (χ0) is 17.4. The van der Waals surface area contributed by atoms with Crippen LogP contribution in [0.15, 0.2) is 21.3 Å². The molecule has 0 saturated heterocycles. The number of hydrogen-bond donors (Lipinski definition) is 2. The number of carbonyl (C=O) groups is 1. The quantitative estimate of drug-likeness (QED) is 0.895. The number of anilines is 1. The van der Waals surface area contributed by atoms with E-state index in [0.717, 1.165) is 16.0 Å². The number of nitrogen functional groups attached to an aromatic ring is 1. The van der Waals surface area contributed by atoms with E-state index in [0.29, 0.717) is 11.5 Å². The number of nitrogens with one attached hydrogen (secondary N) is 1. The molecular weight excluding hydrogens is 296 g/mol. The van der Waals surface area contributed by atoms with E-state index in [1.165, 1.54) is 6.07 Å². The van der Waals surface area contributed by atoms with E-state index >= 15 is 0 Å². The van der Waals surface area contributed by atoms with Crippen LogP contribution in [0.25, 0.3) is 11.3 Å². The van der Waals surface area contributed by atoms with Crippen molar-refractivity contribution in [2.75, 3.05) is 5.73 Å². The third-order valence-electron chi connectivity index (χ3n) is 3.13. The van der Waals surface area contributed by atoms with Crippen LogP contribution in [0.3, 0.4) is 0 Å². The van der Waals surface area contributed by atoms with Crippen LogP contribution >= 0.6 is 0 Å². The first-order valence-electron chi connectivity index (χ1n) is 7.33. The second kappa shape index (κ2) is 5.91. The summed E-state index contributed by atoms with van der Waals surface area (Å²) in [5, 5.41) is 7.04. The van der Waals surface area contributed by atoms with Crippen molar-refractivity contribution >= 4 is 11.6 Å². The van der Waals surface area contributed by atoms with Gasteiger partial charge < -0.3 is 15.5 Å². The average molecular weight is 318 g/mol. The Balaban J connectivity index is 2.39. The molecule has 0 radical (unpaired) electrons. The molecule has 0 aliphatic carbocycles. The molecule has 3 N–H and O–H groups in total. The zero-order valence-corrected chi connectivity index (χ0v) is 14.1. The van der Waals surface area contributed by atoms with Crippen molar-refractivity contribution in [3.05, 3.63) is 34.0 Å². The number of furan rings is 1. The molecule has 2 aromatic heterocycles. The summed E-state index contributed by atoms with van der Waals surface area (Å²) in [6, 6.07) is 3.32. The SMILES string of the molecule is Cc1cc(-c2cc(N)c(=O)n(CC(=O)NC(C)(C)C)n2)c(C)o1. The number of hydrogen-bond acceptors (Lipinski definition) is 5. The van der Waals surface area contributed by atoms with Crippen molar-refractivity contribution in [2.45, 2.75) is 46.7 Å². The van der Waals surface area contributed by atoms with Crippen LogP contribution < -0.4 is 16.6 Å². The molecule has 124 valence electrons. The van der Waals surface area contributed by atoms with Gasteiger partial charge in [-0.25, -0.2) is 4.68 Å². The number of amides is 1. The first-order chi connectivity index (χ1) is 10.6. The van der Waals surface area contributed by atoms with Crippen molar-refractivity contribution in [2.24, 2.45) is 0 Å². The molecule has 0 atom stereocenters. The van der Waals surface area contributed by atoms with E-state index in [1.54, 1.807) is 0 Å². The number of nitrogens with zero attached hydrogens (tertiary/aromatic N) is 2. The number of aromatic nitrogens is 2. The van der Waals surface area contributed by atoms with Crippen LogP contribution in [-0.4, -0.2) is 21.2 Å². The van der Waals surface area contributed by atoms with Crippen LogP contribution in [0.2, 0.25) is 0 Å². The second-order valence-electron chi connectivity index (χ2n) is 6.57. The third kappa shape index (κ3) is 4.00. The highest BCUT2D eigenvalue weighted by molar-refractivity contribution is 5.76. The van der Waals surface area contributed by atoms with Gasteiger partial charge in [0.25, 0.3) is 5.56 Å². The Kier molecular flexibility index (Phi) is 4.31. The van der Waals surface area contributed by atoms with E-state index in [-0.39, 0.29) is 23.7 Å². The maximum Gasteiger partial charge on any atom is 0.290 e. The Morgan fingerprint density at radius 3 is 2.52 bits per heavy atom. The van der Waals surface area contributed by atoms with Crippen LogP contribution in [0.1, 0.15) is 32.3 Å². The number of aryl methyl sites for hydroxylation is 2. The molecule has 7 nitrogen and oxygen atoms in total. The van der Waals surface area contributed by atoms with Gasteiger partial charge in [0.1, 0.15) is 23.8 Å². The summed E-state index contributed by atoms with van der Waals surface area (Å²) in [5.74, 6) is 1.11. The Bertz CT molecular complexity index is 797. The van der Waals surface area contributed by atoms with Gasteiger partial charge in [0.15, 0.2) is 0 Å². The fourth-order valence-corrected chi connectivity index (χ4v) is 2.28. The summed E-state index contributed by atoms with van der Waals surface area (Å²) in [5.41, 5.74) is 6.19. The van der Waals surface area contributed by atoms with Gasteiger partial charge in [-0.05, 0) is 46.8 Å². The molecule has 2 aromatic rings. The number of carbonyl (C=O) groups excluding carboxylic acids is 1. The first-order valence-corrected chi connectivity index (χ1v) is 7.33. The first kappa shape index (κ1) is 16.8. The lowest BCUT2D eigenvalue weighted by molar-refractivity contribution is -0.123. The van der Waals surface area contributed by atoms with Crippen molar-refractivity contribution in [3.63, 3.8) is 0 Å². The summed E-state index contributed by atoms with van der Waals surface area (Å²) in [7, 11) is 0. The largest absolute Gasteiger partial charge is 0.466 e. The molecule has 0 aromatic carbocycles. The minimum absolute atomic E-state index is 0.0387. The minimum Gasteiger partial charge on any atom is -0.466 e. The normalized spacial score (nSPS) is 11.5. The summed E-state index contributed by atoms with van der Waals surface area (Å²) in [4.78, 5) is 24.2. The fourth-order valence-electron chi connectivity index (χ4n) is 2.28. The molecule has 0 saturated carbocycles. The molecule has 0 bridgehead atoms. The smallest absolute Gasteiger partial charge is 0.290 e. The van der Waals surface area contributed by atoms with Crippen LogP contribution in [0.5, 0.6) is 0 Å². The highest BCUT2D eigenvalue weighted by atomic mass is 16.3. The molecule has 0 spiro atoms. The topological polar surface area (TPSA) is 103 Å². The fraction of sp³-hybridized carbons (Fsp3) is 0.438. The monoisotopic (exact) mass is 318 g/mol. The van der Waals surface area contributed by atoms with E-state index in [4.69, 9.17) is 10.2 Å². The summed E-state index contributed by atoms with van der Waals surface area (Å²) in [6.07, 6.45) is 0. The molecule has 0 aliphatic rings. The van der Waals surface area contributed by atoms with Gasteiger partial charge in [-0.3, -0.25) is 9.59 Å². The second-order valence-corrected chi connectivity index (χ2v) is 6.57. The Labute approximate surface area is 134 Å². The molecule has 0 fully saturated rings. The van der Waals surface area contributed by atoms with E-state index in [1.807, 2.05) is 40.7 Å². The molecule has 2 rings (SSSR count). The van der Waals surface area contributed by atoms with Gasteiger partial charge in [-0.15, -0.1) is 0 Å². The molecule has 0 unspecified atom stereocenters. The van der Waals surface area contributed by atoms with Gasteiger partial charge in [0, 0.05) is 11.1 Å². The zero-order valence-electron chi connectivity index (χ0n) is 14.1. The van der Waals surface area contributed by atoms with Crippen molar-refractivity contribution < 1.29 is 9.21 Å². The summed E-state index contributed by atoms with van der Waals surface area (Å²) in [6.45, 7) is 9.04. The Morgan fingerprint density at radius 1 is 1.35 bits per heavy atom. The highest BCUT2D eigenvalue weighted by Crippen LogP contribution is 2.25. The molecule has 1 amide bonds. The Morgan fingerprint density at radius 2 is 2.00 bits per heavy atom. The van der Waals surface area contributed by atoms with Gasteiger partial charge >= 0.3 is 0 Å². The van der Waals surface area contributed by atoms with Crippen molar-refractivity contribution in [1.82, 2.24) is 15.1 Å². The highest BCUT2D eigenvalue weighted by Gasteiger charge is 2.17. The predicted molar refractivity (Wildman–Crippen MR) is 88.0 cm³/mol. The van der Waals surface area contributed by atoms with Gasteiger partial charge in [0.2, 0.25) is 5.91 Å². The molecule has 0 aliphatic heterocycles. The molecule has 23 heavy (non-hydrogen) atoms. The lowest BCUT2D eigenvalue weighted by Gasteiger charge is -2.20. The standard InChI is InChI=1S/C16H22N4O3/c1-9-6-11(10(2)23-9)13-7-12(17)15(22)20(19-13)8-14(21)18-16(3,4)5/h6-7H,8,17H2,1-5H3,(H,18,21). The summed E-state index contributed by atoms with van der Waals surface area (Å²) < 4.78 is 6.56. The molecule has 7 heteroatoms. The van der Waals surface area contributed by atoms with Gasteiger partial charge in [-0.1, -0.05) is 0 Å². The van der Waals surface area contributed by atoms with Crippen LogP contribution in [-0.2, 0) is 11.3 Å². The van der Waals surface area contributed by atoms with Crippen molar-refractivity contribution in [3.8, 4) is 11.3 Å². The van der Waals surface area contributed by atoms with Crippen molar-refractivity contribution in [1.29, 1.82) is 0 Å². The van der Waals surface area contributed by atoms with Crippen LogP contribution in [0.4, 0.5) is 5.69 Å². The number of rotatable bonds is 3. The predicted octanol–water partition coefficient (Wildman–Crippen LogP) is 1.62. The van der Waals surface area contributed by atoms with E-state index < -0.39 is 5.56 Å². The Hall–Kier alpha value is -2.57. The van der Waals surface area contributed by atoms with E-state index in [2.05, 4.69) is 10.4 Å². The average Bonchev–Trinajstić information content (AvgIpc) is 2.71. The van der Waals surface area contributed by atoms with E-state index in [9.17, 15) is 9.59 Å². The lowest BCUT2D eigenvalue weighted by atomic mass is 10.1. The third-order valence-corrected chi connectivity index (χ3v) is 3.13. The minimum atomic E-state index is -0.490. The van der Waals surface area contributed by atoms with Gasteiger partial charge in [-0.2, -0.15) is 5.10 Å². The lowest BCUT2D eigenvalue weighted by Crippen LogP contribution is -2.44. The van der Waals surface area contributed by atoms with Gasteiger partial charge in [0.05, 0.1) is 5.69 Å². The molecule has 2 heterocycles. The summed E-state index contributed by atoms with van der Waals surface area (Å²) >= 11 is 0. The maximum atomic E-state index is 12.1.